The summed E-state index contributed by atoms with van der Waals surface area (Å²) in [4.78, 5) is 17.0. The Morgan fingerprint density at radius 1 is 1.89 bits per heavy atom. The van der Waals surface area contributed by atoms with E-state index in [2.05, 4.69) is 9.97 Å². The lowest BCUT2D eigenvalue weighted by molar-refractivity contribution is 0.101. The number of halogens is 1. The molecule has 0 aliphatic heterocycles. The van der Waals surface area contributed by atoms with Gasteiger partial charge in [-0.3, -0.25) is 4.79 Å². The summed E-state index contributed by atoms with van der Waals surface area (Å²) in [6, 6.07) is 0. The van der Waals surface area contributed by atoms with E-state index in [0.29, 0.717) is 5.69 Å². The quantitative estimate of drug-likeness (QED) is 0.494. The number of H-pyrrole nitrogens is 1. The molecule has 1 aromatic heterocycles. The van der Waals surface area contributed by atoms with E-state index in [4.69, 9.17) is 11.6 Å². The topological polar surface area (TPSA) is 45.8 Å². The lowest BCUT2D eigenvalue weighted by Gasteiger charge is -1.85. The Balaban J connectivity index is 2.77. The molecule has 0 saturated carbocycles. The van der Waals surface area contributed by atoms with E-state index in [1.165, 1.54) is 12.5 Å². The fraction of sp³-hybridized carbons (Fsp3) is 0.200. The minimum absolute atomic E-state index is 0.00218. The van der Waals surface area contributed by atoms with Gasteiger partial charge in [0.1, 0.15) is 5.69 Å². The summed E-state index contributed by atoms with van der Waals surface area (Å²) < 4.78 is 0. The first-order chi connectivity index (χ1) is 4.34. The van der Waals surface area contributed by atoms with Crippen molar-refractivity contribution in [2.75, 3.05) is 5.88 Å². The van der Waals surface area contributed by atoms with Crippen LogP contribution in [0.2, 0.25) is 0 Å². The molecule has 1 N–H and O–H groups in total. The average Bonchev–Trinajstić information content (AvgIpc) is 2.37. The van der Waals surface area contributed by atoms with Gasteiger partial charge in [0.2, 0.25) is 0 Å². The van der Waals surface area contributed by atoms with Crippen molar-refractivity contribution >= 4 is 17.4 Å². The number of alkyl halides is 1. The first-order valence-corrected chi connectivity index (χ1v) is 2.95. The van der Waals surface area contributed by atoms with Gasteiger partial charge in [0, 0.05) is 0 Å². The molecule has 9 heavy (non-hydrogen) atoms. The van der Waals surface area contributed by atoms with Gasteiger partial charge in [-0.05, 0) is 0 Å². The zero-order valence-electron chi connectivity index (χ0n) is 4.60. The van der Waals surface area contributed by atoms with Gasteiger partial charge in [-0.25, -0.2) is 4.98 Å². The van der Waals surface area contributed by atoms with E-state index in [1.54, 1.807) is 0 Å². The predicted octanol–water partition coefficient (Wildman–Crippen LogP) is 0.831. The highest BCUT2D eigenvalue weighted by molar-refractivity contribution is 6.30. The summed E-state index contributed by atoms with van der Waals surface area (Å²) in [5, 5.41) is 0. The van der Waals surface area contributed by atoms with Gasteiger partial charge in [0.15, 0.2) is 5.78 Å². The smallest absolute Gasteiger partial charge is 0.195 e. The van der Waals surface area contributed by atoms with Crippen molar-refractivity contribution in [3.63, 3.8) is 0 Å². The highest BCUT2D eigenvalue weighted by Gasteiger charge is 2.02. The Labute approximate surface area is 57.1 Å². The van der Waals surface area contributed by atoms with Gasteiger partial charge in [-0.15, -0.1) is 11.6 Å². The molecule has 1 aromatic rings. The van der Waals surface area contributed by atoms with Crippen LogP contribution in [0.1, 0.15) is 10.5 Å². The minimum atomic E-state index is -0.130. The number of nitrogens with zero attached hydrogens (tertiary/aromatic N) is 1. The molecule has 0 atom stereocenters. The van der Waals surface area contributed by atoms with Crippen LogP contribution >= 0.6 is 11.6 Å². The maximum Gasteiger partial charge on any atom is 0.195 e. The number of nitrogens with one attached hydrogen (secondary N) is 1. The van der Waals surface area contributed by atoms with Crippen molar-refractivity contribution in [3.8, 4) is 0 Å². The Morgan fingerprint density at radius 2 is 2.67 bits per heavy atom. The van der Waals surface area contributed by atoms with Crippen LogP contribution in [0.5, 0.6) is 0 Å². The predicted molar refractivity (Wildman–Crippen MR) is 33.6 cm³/mol. The maximum atomic E-state index is 10.7. The molecular formula is C5H5ClN2O. The van der Waals surface area contributed by atoms with E-state index in [-0.39, 0.29) is 11.7 Å². The number of ketones is 1. The number of aromatic amines is 1. The zero-order valence-corrected chi connectivity index (χ0v) is 5.35. The van der Waals surface area contributed by atoms with Crippen LogP contribution < -0.4 is 0 Å². The molecule has 0 radical (unpaired) electrons. The molecule has 0 saturated heterocycles. The summed E-state index contributed by atoms with van der Waals surface area (Å²) in [6.45, 7) is 0. The van der Waals surface area contributed by atoms with E-state index >= 15 is 0 Å². The molecule has 0 aliphatic rings. The number of aromatic nitrogens is 2. The van der Waals surface area contributed by atoms with E-state index in [0.717, 1.165) is 0 Å². The van der Waals surface area contributed by atoms with Crippen molar-refractivity contribution in [1.29, 1.82) is 0 Å². The van der Waals surface area contributed by atoms with Crippen molar-refractivity contribution in [2.24, 2.45) is 0 Å². The molecule has 4 heteroatoms. The standard InChI is InChI=1S/C5H5ClN2O/c6-1-5(9)4-2-7-3-8-4/h2-3H,1H2,(H,7,8). The Morgan fingerprint density at radius 3 is 3.11 bits per heavy atom. The number of carbonyl (C=O) groups is 1. The SMILES string of the molecule is O=C(CCl)c1cnc[nH]1. The highest BCUT2D eigenvalue weighted by Crippen LogP contribution is 1.93. The average molecular weight is 145 g/mol. The second kappa shape index (κ2) is 2.64. The summed E-state index contributed by atoms with van der Waals surface area (Å²) in [5.74, 6) is -0.128. The number of Topliss-reactive ketones (excluding diaryl/α,β-unsaturated/α-hetero) is 1. The van der Waals surface area contributed by atoms with Crippen LogP contribution in [0.3, 0.4) is 0 Å². The first-order valence-electron chi connectivity index (χ1n) is 2.42. The molecule has 1 heterocycles. The molecule has 0 aliphatic carbocycles. The van der Waals surface area contributed by atoms with Crippen molar-refractivity contribution in [3.05, 3.63) is 18.2 Å². The summed E-state index contributed by atoms with van der Waals surface area (Å²) >= 11 is 5.25. The molecule has 48 valence electrons. The molecule has 0 unspecified atom stereocenters. The van der Waals surface area contributed by atoms with Crippen LogP contribution in [0.4, 0.5) is 0 Å². The summed E-state index contributed by atoms with van der Waals surface area (Å²) in [7, 11) is 0. The Kier molecular flexibility index (Phi) is 1.85. The molecule has 0 fully saturated rings. The van der Waals surface area contributed by atoms with Crippen molar-refractivity contribution in [1.82, 2.24) is 9.97 Å². The number of hydrogen-bond acceptors (Lipinski definition) is 2. The number of rotatable bonds is 2. The van der Waals surface area contributed by atoms with Crippen LogP contribution in [0.15, 0.2) is 12.5 Å². The second-order valence-corrected chi connectivity index (χ2v) is 1.79. The first kappa shape index (κ1) is 6.29. The molecule has 0 aromatic carbocycles. The molecular weight excluding hydrogens is 140 g/mol. The zero-order chi connectivity index (χ0) is 6.69. The molecule has 0 bridgehead atoms. The fourth-order valence-electron chi connectivity index (χ4n) is 0.480. The van der Waals surface area contributed by atoms with Crippen LogP contribution in [0, 0.1) is 0 Å². The third-order valence-corrected chi connectivity index (χ3v) is 1.16. The second-order valence-electron chi connectivity index (χ2n) is 1.52. The van der Waals surface area contributed by atoms with Gasteiger partial charge < -0.3 is 4.98 Å². The normalized spacial score (nSPS) is 9.44. The summed E-state index contributed by atoms with van der Waals surface area (Å²) in [5.41, 5.74) is 0.463. The lowest BCUT2D eigenvalue weighted by Crippen LogP contribution is -1.99. The number of carbonyl (C=O) groups excluding carboxylic acids is 1. The van der Waals surface area contributed by atoms with E-state index in [9.17, 15) is 4.79 Å². The van der Waals surface area contributed by atoms with E-state index < -0.39 is 0 Å². The van der Waals surface area contributed by atoms with Crippen LogP contribution in [-0.2, 0) is 0 Å². The van der Waals surface area contributed by atoms with Crippen molar-refractivity contribution < 1.29 is 4.79 Å². The third kappa shape index (κ3) is 1.29. The Hall–Kier alpha value is -0.830. The molecule has 0 spiro atoms. The molecule has 3 nitrogen and oxygen atoms in total. The van der Waals surface area contributed by atoms with Gasteiger partial charge in [0.25, 0.3) is 0 Å². The largest absolute Gasteiger partial charge is 0.342 e. The molecule has 0 amide bonds. The van der Waals surface area contributed by atoms with E-state index in [1.807, 2.05) is 0 Å². The number of hydrogen-bond donors (Lipinski definition) is 1. The maximum absolute atomic E-state index is 10.7. The summed E-state index contributed by atoms with van der Waals surface area (Å²) in [6.07, 6.45) is 2.89. The van der Waals surface area contributed by atoms with Gasteiger partial charge >= 0.3 is 0 Å². The third-order valence-electron chi connectivity index (χ3n) is 0.920. The monoisotopic (exact) mass is 144 g/mol. The highest BCUT2D eigenvalue weighted by atomic mass is 35.5. The van der Waals surface area contributed by atoms with Gasteiger partial charge in [0.05, 0.1) is 18.4 Å². The van der Waals surface area contributed by atoms with Crippen LogP contribution in [-0.4, -0.2) is 21.6 Å². The lowest BCUT2D eigenvalue weighted by atomic mass is 10.3. The minimum Gasteiger partial charge on any atom is -0.342 e. The molecule has 1 rings (SSSR count). The van der Waals surface area contributed by atoms with Crippen molar-refractivity contribution in [2.45, 2.75) is 0 Å². The van der Waals surface area contributed by atoms with Crippen LogP contribution in [0.25, 0.3) is 0 Å². The fourth-order valence-corrected chi connectivity index (χ4v) is 0.624. The van der Waals surface area contributed by atoms with Gasteiger partial charge in [-0.1, -0.05) is 0 Å². The number of imidazole rings is 1. The Bertz CT molecular complexity index is 195. The van der Waals surface area contributed by atoms with Gasteiger partial charge in [-0.2, -0.15) is 0 Å².